The predicted octanol–water partition coefficient (Wildman–Crippen LogP) is -0.0596. The van der Waals surface area contributed by atoms with E-state index in [0.717, 1.165) is 19.3 Å². The second-order valence-corrected chi connectivity index (χ2v) is 4.91. The van der Waals surface area contributed by atoms with E-state index in [4.69, 9.17) is 10.8 Å². The van der Waals surface area contributed by atoms with Crippen LogP contribution in [-0.2, 0) is 9.59 Å². The van der Waals surface area contributed by atoms with Gasteiger partial charge in [-0.2, -0.15) is 0 Å². The lowest BCUT2D eigenvalue weighted by molar-refractivity contribution is -0.139. The molecule has 1 aliphatic rings. The van der Waals surface area contributed by atoms with Crippen molar-refractivity contribution in [3.05, 3.63) is 0 Å². The molecule has 0 spiro atoms. The molecule has 0 aliphatic heterocycles. The van der Waals surface area contributed by atoms with E-state index in [1.165, 1.54) is 4.90 Å². The maximum atomic E-state index is 12.0. The van der Waals surface area contributed by atoms with Crippen LogP contribution in [0.25, 0.3) is 0 Å². The van der Waals surface area contributed by atoms with Crippen LogP contribution >= 0.6 is 0 Å². The minimum absolute atomic E-state index is 0.117. The second kappa shape index (κ2) is 6.70. The maximum Gasteiger partial charge on any atom is 0.303 e. The van der Waals surface area contributed by atoms with Crippen LogP contribution in [0.2, 0.25) is 0 Å². The molecule has 18 heavy (non-hydrogen) atoms. The molecule has 0 aromatic carbocycles. The molecule has 1 fully saturated rings. The van der Waals surface area contributed by atoms with Crippen molar-refractivity contribution in [2.45, 2.75) is 56.7 Å². The van der Waals surface area contributed by atoms with Crippen LogP contribution in [-0.4, -0.2) is 52.2 Å². The van der Waals surface area contributed by atoms with Gasteiger partial charge in [-0.05, 0) is 19.3 Å². The Balaban J connectivity index is 2.51. The number of likely N-dealkylation sites (N-methyl/N-ethyl adjacent to an activating group) is 1. The van der Waals surface area contributed by atoms with Gasteiger partial charge in [0.15, 0.2) is 0 Å². The number of rotatable bonds is 5. The Morgan fingerprint density at radius 3 is 2.56 bits per heavy atom. The SMILES string of the molecule is CN(C(=O)C(N)CCC(=O)O)C1CCCCC1O. The zero-order valence-electron chi connectivity index (χ0n) is 10.7. The zero-order chi connectivity index (χ0) is 13.7. The van der Waals surface area contributed by atoms with E-state index in [-0.39, 0.29) is 24.8 Å². The molecule has 0 aromatic rings. The highest BCUT2D eigenvalue weighted by molar-refractivity contribution is 5.82. The Labute approximate surface area is 107 Å². The predicted molar refractivity (Wildman–Crippen MR) is 65.9 cm³/mol. The number of carbonyl (C=O) groups is 2. The number of carbonyl (C=O) groups excluding carboxylic acids is 1. The molecule has 1 rings (SSSR count). The van der Waals surface area contributed by atoms with Crippen molar-refractivity contribution in [2.75, 3.05) is 7.05 Å². The van der Waals surface area contributed by atoms with Crippen molar-refractivity contribution in [1.82, 2.24) is 4.90 Å². The van der Waals surface area contributed by atoms with E-state index in [1.54, 1.807) is 7.05 Å². The molecule has 1 amide bonds. The van der Waals surface area contributed by atoms with Gasteiger partial charge >= 0.3 is 5.97 Å². The first kappa shape index (κ1) is 14.9. The standard InChI is InChI=1S/C12H22N2O4/c1-14(9-4-2-3-5-10(9)15)12(18)8(13)6-7-11(16)17/h8-10,15H,2-7,13H2,1H3,(H,16,17). The number of aliphatic hydroxyl groups is 1. The average molecular weight is 258 g/mol. The van der Waals surface area contributed by atoms with E-state index in [9.17, 15) is 14.7 Å². The van der Waals surface area contributed by atoms with Crippen LogP contribution < -0.4 is 5.73 Å². The van der Waals surface area contributed by atoms with E-state index < -0.39 is 18.1 Å². The maximum absolute atomic E-state index is 12.0. The molecule has 0 bridgehead atoms. The van der Waals surface area contributed by atoms with Crippen molar-refractivity contribution in [3.63, 3.8) is 0 Å². The Hall–Kier alpha value is -1.14. The fourth-order valence-corrected chi connectivity index (χ4v) is 2.37. The second-order valence-electron chi connectivity index (χ2n) is 4.91. The number of amides is 1. The number of nitrogens with two attached hydrogens (primary N) is 1. The van der Waals surface area contributed by atoms with E-state index in [1.807, 2.05) is 0 Å². The zero-order valence-corrected chi connectivity index (χ0v) is 10.7. The van der Waals surface area contributed by atoms with Crippen LogP contribution in [0.15, 0.2) is 0 Å². The fraction of sp³-hybridized carbons (Fsp3) is 0.833. The molecule has 4 N–H and O–H groups in total. The highest BCUT2D eigenvalue weighted by atomic mass is 16.4. The van der Waals surface area contributed by atoms with Crippen molar-refractivity contribution in [3.8, 4) is 0 Å². The molecule has 3 atom stereocenters. The molecular weight excluding hydrogens is 236 g/mol. The van der Waals surface area contributed by atoms with E-state index in [2.05, 4.69) is 0 Å². The normalized spacial score (nSPS) is 25.5. The highest BCUT2D eigenvalue weighted by Gasteiger charge is 2.31. The average Bonchev–Trinajstić information content (AvgIpc) is 2.34. The monoisotopic (exact) mass is 258 g/mol. The first-order valence-corrected chi connectivity index (χ1v) is 6.35. The number of hydrogen-bond donors (Lipinski definition) is 3. The van der Waals surface area contributed by atoms with Crippen LogP contribution in [0.3, 0.4) is 0 Å². The molecule has 6 nitrogen and oxygen atoms in total. The minimum atomic E-state index is -0.960. The number of hydrogen-bond acceptors (Lipinski definition) is 4. The lowest BCUT2D eigenvalue weighted by atomic mass is 9.91. The first-order chi connectivity index (χ1) is 8.43. The summed E-state index contributed by atoms with van der Waals surface area (Å²) in [7, 11) is 1.63. The number of carboxylic acids is 1. The summed E-state index contributed by atoms with van der Waals surface area (Å²) >= 11 is 0. The van der Waals surface area contributed by atoms with Crippen molar-refractivity contribution < 1.29 is 19.8 Å². The Kier molecular flexibility index (Phi) is 5.55. The van der Waals surface area contributed by atoms with Crippen LogP contribution in [0.5, 0.6) is 0 Å². The number of carboxylic acid groups (broad SMARTS) is 1. The number of nitrogens with zero attached hydrogens (tertiary/aromatic N) is 1. The van der Waals surface area contributed by atoms with Crippen LogP contribution in [0.1, 0.15) is 38.5 Å². The van der Waals surface area contributed by atoms with Gasteiger partial charge in [-0.25, -0.2) is 0 Å². The highest BCUT2D eigenvalue weighted by Crippen LogP contribution is 2.22. The molecule has 0 aromatic heterocycles. The number of aliphatic carboxylic acids is 1. The summed E-state index contributed by atoms with van der Waals surface area (Å²) in [4.78, 5) is 23.9. The third-order valence-electron chi connectivity index (χ3n) is 3.53. The molecule has 1 saturated carbocycles. The molecule has 0 saturated heterocycles. The molecule has 1 aliphatic carbocycles. The summed E-state index contributed by atoms with van der Waals surface area (Å²) < 4.78 is 0. The minimum Gasteiger partial charge on any atom is -0.481 e. The topological polar surface area (TPSA) is 104 Å². The fourth-order valence-electron chi connectivity index (χ4n) is 2.37. The van der Waals surface area contributed by atoms with Crippen molar-refractivity contribution >= 4 is 11.9 Å². The first-order valence-electron chi connectivity index (χ1n) is 6.35. The summed E-state index contributed by atoms with van der Waals surface area (Å²) in [5.41, 5.74) is 5.68. The van der Waals surface area contributed by atoms with Crippen molar-refractivity contribution in [2.24, 2.45) is 5.73 Å². The summed E-state index contributed by atoms with van der Waals surface area (Å²) in [6.45, 7) is 0. The van der Waals surface area contributed by atoms with Gasteiger partial charge < -0.3 is 20.8 Å². The summed E-state index contributed by atoms with van der Waals surface area (Å²) in [6.07, 6.45) is 2.95. The quantitative estimate of drug-likeness (QED) is 0.641. The van der Waals surface area contributed by atoms with E-state index in [0.29, 0.717) is 6.42 Å². The Morgan fingerprint density at radius 1 is 1.39 bits per heavy atom. The molecule has 3 unspecified atom stereocenters. The molecular formula is C12H22N2O4. The van der Waals surface area contributed by atoms with Gasteiger partial charge in [-0.3, -0.25) is 9.59 Å². The lowest BCUT2D eigenvalue weighted by Gasteiger charge is -2.36. The van der Waals surface area contributed by atoms with Crippen LogP contribution in [0, 0.1) is 0 Å². The van der Waals surface area contributed by atoms with Crippen molar-refractivity contribution in [1.29, 1.82) is 0 Å². The molecule has 6 heteroatoms. The van der Waals surface area contributed by atoms with Gasteiger partial charge in [0.1, 0.15) is 0 Å². The van der Waals surface area contributed by atoms with Gasteiger partial charge in [0.2, 0.25) is 5.91 Å². The third-order valence-corrected chi connectivity index (χ3v) is 3.53. The lowest BCUT2D eigenvalue weighted by Crippen LogP contribution is -2.51. The van der Waals surface area contributed by atoms with Gasteiger partial charge in [-0.15, -0.1) is 0 Å². The molecule has 0 heterocycles. The summed E-state index contributed by atoms with van der Waals surface area (Å²) in [5, 5.41) is 18.4. The Morgan fingerprint density at radius 2 is 2.00 bits per heavy atom. The van der Waals surface area contributed by atoms with Gasteiger partial charge in [-0.1, -0.05) is 12.8 Å². The third kappa shape index (κ3) is 3.96. The largest absolute Gasteiger partial charge is 0.481 e. The Bertz CT molecular complexity index is 308. The van der Waals surface area contributed by atoms with Gasteiger partial charge in [0, 0.05) is 13.5 Å². The summed E-state index contributed by atoms with van der Waals surface area (Å²) in [6, 6.07) is -0.998. The van der Waals surface area contributed by atoms with E-state index >= 15 is 0 Å². The number of aliphatic hydroxyl groups excluding tert-OH is 1. The van der Waals surface area contributed by atoms with Gasteiger partial charge in [0.05, 0.1) is 18.2 Å². The van der Waals surface area contributed by atoms with Crippen LogP contribution in [0.4, 0.5) is 0 Å². The molecule has 104 valence electrons. The summed E-state index contributed by atoms with van der Waals surface area (Å²) in [5.74, 6) is -1.25. The van der Waals surface area contributed by atoms with Gasteiger partial charge in [0.25, 0.3) is 0 Å². The smallest absolute Gasteiger partial charge is 0.303 e. The molecule has 0 radical (unpaired) electrons.